The van der Waals surface area contributed by atoms with Crippen molar-refractivity contribution in [3.8, 4) is 0 Å². The molecule has 1 aromatic rings. The van der Waals surface area contributed by atoms with Crippen LogP contribution in [0.25, 0.3) is 0 Å². The van der Waals surface area contributed by atoms with E-state index in [1.807, 2.05) is 0 Å². The van der Waals surface area contributed by atoms with Gasteiger partial charge < -0.3 is 4.65 Å². The van der Waals surface area contributed by atoms with Crippen molar-refractivity contribution in [1.82, 2.24) is 4.65 Å². The Hall–Kier alpha value is -0.906. The maximum absolute atomic E-state index is 4.10. The molecule has 1 aliphatic carbocycles. The third-order valence-electron chi connectivity index (χ3n) is 3.75. The molecule has 0 saturated carbocycles. The summed E-state index contributed by atoms with van der Waals surface area (Å²) in [7, 11) is -3.08. The number of nitrogens with one attached hydrogen (secondary N) is 1. The van der Waals surface area contributed by atoms with Gasteiger partial charge in [-0.1, -0.05) is 72.9 Å². The zero-order valence-corrected chi connectivity index (χ0v) is 14.7. The lowest BCUT2D eigenvalue weighted by Crippen LogP contribution is -2.67. The molecular formula is C16H25NSi2. The van der Waals surface area contributed by atoms with Gasteiger partial charge in [-0.05, 0) is 25.1 Å². The Balaban J connectivity index is 2.48. The van der Waals surface area contributed by atoms with E-state index in [1.54, 1.807) is 5.20 Å². The number of hydrogen-bond donors (Lipinski definition) is 1. The Kier molecular flexibility index (Phi) is 3.99. The van der Waals surface area contributed by atoms with Crippen molar-refractivity contribution in [3.63, 3.8) is 0 Å². The molecule has 19 heavy (non-hydrogen) atoms. The van der Waals surface area contributed by atoms with Crippen molar-refractivity contribution in [2.75, 3.05) is 0 Å². The molecule has 1 N–H and O–H groups in total. The number of rotatable bonds is 4. The minimum absolute atomic E-state index is 1.13. The molecule has 102 valence electrons. The second kappa shape index (κ2) is 5.23. The second-order valence-electron chi connectivity index (χ2n) is 6.63. The summed E-state index contributed by atoms with van der Waals surface area (Å²) >= 11 is 0. The van der Waals surface area contributed by atoms with Crippen LogP contribution in [-0.4, -0.2) is 16.5 Å². The topological polar surface area (TPSA) is 12.0 Å². The third-order valence-corrected chi connectivity index (χ3v) is 12.0. The first-order valence-corrected chi connectivity index (χ1v) is 13.0. The molecule has 0 spiro atoms. The predicted molar refractivity (Wildman–Crippen MR) is 90.6 cm³/mol. The Labute approximate surface area is 119 Å². The number of hydrogen-bond acceptors (Lipinski definition) is 1. The SMILES string of the molecule is CC1=C([Si](C)(N[Si](C)(C)C)c2ccccc2)CC=C1. The average molecular weight is 288 g/mol. The van der Waals surface area contributed by atoms with E-state index in [1.165, 1.54) is 10.8 Å². The van der Waals surface area contributed by atoms with Crippen LogP contribution in [0.1, 0.15) is 13.3 Å². The van der Waals surface area contributed by atoms with Crippen molar-refractivity contribution in [1.29, 1.82) is 0 Å². The fourth-order valence-electron chi connectivity index (χ4n) is 3.06. The molecule has 2 rings (SSSR count). The van der Waals surface area contributed by atoms with Crippen LogP contribution in [0.5, 0.6) is 0 Å². The van der Waals surface area contributed by atoms with Crippen LogP contribution in [0.4, 0.5) is 0 Å². The van der Waals surface area contributed by atoms with E-state index in [-0.39, 0.29) is 0 Å². The van der Waals surface area contributed by atoms with Crippen LogP contribution >= 0.6 is 0 Å². The van der Waals surface area contributed by atoms with Gasteiger partial charge in [0.05, 0.1) is 0 Å². The molecule has 0 aliphatic heterocycles. The third kappa shape index (κ3) is 3.16. The summed E-state index contributed by atoms with van der Waals surface area (Å²) in [5.41, 5.74) is 1.48. The summed E-state index contributed by atoms with van der Waals surface area (Å²) in [6, 6.07) is 11.1. The first kappa shape index (κ1) is 14.5. The van der Waals surface area contributed by atoms with Crippen LogP contribution in [-0.2, 0) is 0 Å². The standard InChI is InChI=1S/C16H25NSi2/c1-14-10-9-13-16(14)19(5,17-18(2,3)4)15-11-7-6-8-12-15/h6-12,17H,13H2,1-5H3. The molecule has 1 atom stereocenters. The van der Waals surface area contributed by atoms with Gasteiger partial charge in [-0.25, -0.2) is 0 Å². The monoisotopic (exact) mass is 287 g/mol. The maximum Gasteiger partial charge on any atom is 0.176 e. The first-order valence-electron chi connectivity index (χ1n) is 7.04. The minimum Gasteiger partial charge on any atom is -0.353 e. The Morgan fingerprint density at radius 3 is 2.11 bits per heavy atom. The predicted octanol–water partition coefficient (Wildman–Crippen LogP) is 3.71. The van der Waals surface area contributed by atoms with Gasteiger partial charge in [0.25, 0.3) is 0 Å². The zero-order chi connectivity index (χ0) is 14.1. The van der Waals surface area contributed by atoms with E-state index in [4.69, 9.17) is 0 Å². The summed E-state index contributed by atoms with van der Waals surface area (Å²) < 4.78 is 4.10. The molecule has 1 aliphatic rings. The van der Waals surface area contributed by atoms with E-state index in [0.29, 0.717) is 0 Å². The largest absolute Gasteiger partial charge is 0.353 e. The van der Waals surface area contributed by atoms with Crippen molar-refractivity contribution < 1.29 is 0 Å². The molecular weight excluding hydrogens is 262 g/mol. The molecule has 0 radical (unpaired) electrons. The molecule has 0 heterocycles. The molecule has 1 aromatic carbocycles. The lowest BCUT2D eigenvalue weighted by molar-refractivity contribution is 1.24. The number of benzene rings is 1. The van der Waals surface area contributed by atoms with E-state index in [2.05, 4.69) is 80.2 Å². The van der Waals surface area contributed by atoms with E-state index in [0.717, 1.165) is 6.42 Å². The van der Waals surface area contributed by atoms with Crippen molar-refractivity contribution in [3.05, 3.63) is 53.3 Å². The quantitative estimate of drug-likeness (QED) is 0.833. The number of allylic oxidation sites excluding steroid dienone is 4. The maximum atomic E-state index is 4.10. The van der Waals surface area contributed by atoms with Crippen LogP contribution < -0.4 is 9.83 Å². The molecule has 0 amide bonds. The fraction of sp³-hybridized carbons (Fsp3) is 0.375. The lowest BCUT2D eigenvalue weighted by atomic mass is 10.3. The van der Waals surface area contributed by atoms with Gasteiger partial charge >= 0.3 is 0 Å². The van der Waals surface area contributed by atoms with Crippen molar-refractivity contribution in [2.45, 2.75) is 39.5 Å². The van der Waals surface area contributed by atoms with Crippen LogP contribution in [0, 0.1) is 0 Å². The van der Waals surface area contributed by atoms with Gasteiger partial charge in [0, 0.05) is 0 Å². The van der Waals surface area contributed by atoms with Gasteiger partial charge in [-0.3, -0.25) is 0 Å². The molecule has 0 saturated heterocycles. The van der Waals surface area contributed by atoms with Gasteiger partial charge in [0.1, 0.15) is 8.24 Å². The van der Waals surface area contributed by atoms with Crippen LogP contribution in [0.15, 0.2) is 53.3 Å². The van der Waals surface area contributed by atoms with E-state index < -0.39 is 16.5 Å². The van der Waals surface area contributed by atoms with Crippen LogP contribution in [0.3, 0.4) is 0 Å². The Morgan fingerprint density at radius 1 is 1.00 bits per heavy atom. The highest BCUT2D eigenvalue weighted by Gasteiger charge is 2.38. The second-order valence-corrected chi connectivity index (χ2v) is 15.6. The molecule has 0 fully saturated rings. The summed E-state index contributed by atoms with van der Waals surface area (Å²) in [5.74, 6) is 0. The van der Waals surface area contributed by atoms with Gasteiger partial charge in [0.15, 0.2) is 8.24 Å². The Bertz CT molecular complexity index is 511. The van der Waals surface area contributed by atoms with Crippen molar-refractivity contribution >= 4 is 21.7 Å². The fourth-order valence-corrected chi connectivity index (χ4v) is 12.8. The average Bonchev–Trinajstić information content (AvgIpc) is 2.75. The van der Waals surface area contributed by atoms with Gasteiger partial charge in [-0.2, -0.15) is 0 Å². The summed E-state index contributed by atoms with van der Waals surface area (Å²) in [6.45, 7) is 11.9. The van der Waals surface area contributed by atoms with E-state index >= 15 is 0 Å². The van der Waals surface area contributed by atoms with Crippen molar-refractivity contribution in [2.24, 2.45) is 0 Å². The van der Waals surface area contributed by atoms with E-state index in [9.17, 15) is 0 Å². The zero-order valence-electron chi connectivity index (χ0n) is 12.7. The molecule has 0 bridgehead atoms. The lowest BCUT2D eigenvalue weighted by Gasteiger charge is -2.37. The summed E-state index contributed by atoms with van der Waals surface area (Å²) in [6.07, 6.45) is 5.72. The van der Waals surface area contributed by atoms with Gasteiger partial charge in [0.2, 0.25) is 0 Å². The molecule has 3 heteroatoms. The minimum atomic E-state index is -1.76. The summed E-state index contributed by atoms with van der Waals surface area (Å²) in [4.78, 5) is 0. The molecule has 1 nitrogen and oxygen atoms in total. The highest BCUT2D eigenvalue weighted by atomic mass is 28.4. The molecule has 1 unspecified atom stereocenters. The first-order chi connectivity index (χ1) is 8.83. The smallest absolute Gasteiger partial charge is 0.176 e. The normalized spacial score (nSPS) is 18.8. The summed E-state index contributed by atoms with van der Waals surface area (Å²) in [5, 5.41) is 3.16. The Morgan fingerprint density at radius 2 is 1.63 bits per heavy atom. The highest BCUT2D eigenvalue weighted by Crippen LogP contribution is 2.27. The molecule has 0 aromatic heterocycles. The van der Waals surface area contributed by atoms with Gasteiger partial charge in [-0.15, -0.1) is 0 Å². The van der Waals surface area contributed by atoms with Crippen LogP contribution in [0.2, 0.25) is 26.2 Å². The highest BCUT2D eigenvalue weighted by molar-refractivity contribution is 7.02.